The van der Waals surface area contributed by atoms with Crippen LogP contribution < -0.4 is 10.1 Å². The van der Waals surface area contributed by atoms with Crippen molar-refractivity contribution < 1.29 is 14.3 Å². The molecule has 2 rings (SSSR count). The van der Waals surface area contributed by atoms with Gasteiger partial charge in [-0.15, -0.1) is 0 Å². The van der Waals surface area contributed by atoms with Crippen LogP contribution in [-0.2, 0) is 4.74 Å². The highest BCUT2D eigenvalue weighted by Crippen LogP contribution is 2.31. The van der Waals surface area contributed by atoms with Gasteiger partial charge in [0.25, 0.3) is 0 Å². The summed E-state index contributed by atoms with van der Waals surface area (Å²) >= 11 is 0. The van der Waals surface area contributed by atoms with Crippen molar-refractivity contribution in [3.05, 3.63) is 24.3 Å². The Hall–Kier alpha value is -2.42. The Morgan fingerprint density at radius 1 is 1.36 bits per heavy atom. The van der Waals surface area contributed by atoms with Crippen molar-refractivity contribution in [1.82, 2.24) is 4.90 Å². The molecule has 22 heavy (non-hydrogen) atoms. The first-order chi connectivity index (χ1) is 10.3. The summed E-state index contributed by atoms with van der Waals surface area (Å²) in [5.41, 5.74) is -0.626. The molecule has 1 amide bonds. The fraction of sp³-hybridized carbons (Fsp3) is 0.500. The van der Waals surface area contributed by atoms with Crippen LogP contribution in [0, 0.1) is 11.3 Å². The Kier molecular flexibility index (Phi) is 4.18. The topological polar surface area (TPSA) is 74.6 Å². The number of anilines is 1. The molecule has 1 N–H and O–H groups in total. The van der Waals surface area contributed by atoms with Crippen LogP contribution in [0.5, 0.6) is 5.75 Å². The zero-order valence-corrected chi connectivity index (χ0v) is 13.3. The van der Waals surface area contributed by atoms with Crippen molar-refractivity contribution in [2.45, 2.75) is 31.9 Å². The summed E-state index contributed by atoms with van der Waals surface area (Å²) in [6, 6.07) is 9.62. The van der Waals surface area contributed by atoms with E-state index in [1.165, 1.54) is 4.90 Å². The quantitative estimate of drug-likeness (QED) is 0.929. The molecule has 1 saturated heterocycles. The summed E-state index contributed by atoms with van der Waals surface area (Å²) < 4.78 is 10.6. The monoisotopic (exact) mass is 303 g/mol. The molecule has 1 heterocycles. The van der Waals surface area contributed by atoms with Crippen molar-refractivity contribution in [2.24, 2.45) is 0 Å². The van der Waals surface area contributed by atoms with Crippen LogP contribution in [0.25, 0.3) is 0 Å². The Morgan fingerprint density at radius 3 is 2.55 bits per heavy atom. The molecule has 1 fully saturated rings. The molecule has 1 aromatic carbocycles. The largest absolute Gasteiger partial charge is 0.495 e. The van der Waals surface area contributed by atoms with Gasteiger partial charge in [-0.3, -0.25) is 0 Å². The third kappa shape index (κ3) is 3.42. The normalized spacial score (nSPS) is 16.2. The van der Waals surface area contributed by atoms with Gasteiger partial charge in [-0.25, -0.2) is 4.79 Å². The number of likely N-dealkylation sites (tertiary alicyclic amines) is 1. The molecular weight excluding hydrogens is 282 g/mol. The van der Waals surface area contributed by atoms with Crippen molar-refractivity contribution in [2.75, 3.05) is 25.5 Å². The maximum absolute atomic E-state index is 12.0. The maximum Gasteiger partial charge on any atom is 0.410 e. The Balaban J connectivity index is 2.03. The van der Waals surface area contributed by atoms with Gasteiger partial charge in [0, 0.05) is 0 Å². The summed E-state index contributed by atoms with van der Waals surface area (Å²) in [4.78, 5) is 13.5. The first-order valence-corrected chi connectivity index (χ1v) is 7.09. The van der Waals surface area contributed by atoms with Gasteiger partial charge in [0.2, 0.25) is 0 Å². The van der Waals surface area contributed by atoms with Gasteiger partial charge in [0.1, 0.15) is 11.4 Å². The molecular formula is C16H21N3O3. The van der Waals surface area contributed by atoms with Gasteiger partial charge in [0.15, 0.2) is 5.54 Å². The fourth-order valence-corrected chi connectivity index (χ4v) is 2.24. The van der Waals surface area contributed by atoms with Crippen LogP contribution in [0.4, 0.5) is 10.5 Å². The zero-order chi connectivity index (χ0) is 16.4. The van der Waals surface area contributed by atoms with E-state index in [-0.39, 0.29) is 13.1 Å². The van der Waals surface area contributed by atoms with Crippen molar-refractivity contribution in [3.63, 3.8) is 0 Å². The standard InChI is InChI=1S/C16H21N3O3/c1-15(2,3)22-14(20)19-10-16(9-17,11-19)18-12-7-5-6-8-13(12)21-4/h5-8,18H,10-11H2,1-4H3. The highest BCUT2D eigenvalue weighted by molar-refractivity contribution is 5.71. The summed E-state index contributed by atoms with van der Waals surface area (Å²) in [6.45, 7) is 5.99. The number of carbonyl (C=O) groups is 1. The molecule has 0 atom stereocenters. The van der Waals surface area contributed by atoms with E-state index in [1.807, 2.05) is 45.0 Å². The van der Waals surface area contributed by atoms with E-state index in [0.29, 0.717) is 5.75 Å². The van der Waals surface area contributed by atoms with Gasteiger partial charge in [0.05, 0.1) is 32.0 Å². The van der Waals surface area contributed by atoms with Gasteiger partial charge in [-0.05, 0) is 32.9 Å². The van der Waals surface area contributed by atoms with Gasteiger partial charge >= 0.3 is 6.09 Å². The summed E-state index contributed by atoms with van der Waals surface area (Å²) in [6.07, 6.45) is -0.403. The SMILES string of the molecule is COc1ccccc1NC1(C#N)CN(C(=O)OC(C)(C)C)C1. The van der Waals surface area contributed by atoms with E-state index in [4.69, 9.17) is 9.47 Å². The van der Waals surface area contributed by atoms with Crippen LogP contribution in [-0.4, -0.2) is 42.3 Å². The highest BCUT2D eigenvalue weighted by Gasteiger charge is 2.47. The molecule has 0 aromatic heterocycles. The van der Waals surface area contributed by atoms with E-state index in [1.54, 1.807) is 7.11 Å². The average Bonchev–Trinajstić information content (AvgIpc) is 2.40. The second kappa shape index (κ2) is 5.76. The van der Waals surface area contributed by atoms with Crippen molar-refractivity contribution >= 4 is 11.8 Å². The third-order valence-corrected chi connectivity index (χ3v) is 3.27. The Labute approximate surface area is 130 Å². The highest BCUT2D eigenvalue weighted by atomic mass is 16.6. The summed E-state index contributed by atoms with van der Waals surface area (Å²) in [5, 5.41) is 12.6. The van der Waals surface area contributed by atoms with Gasteiger partial charge in [-0.1, -0.05) is 12.1 Å². The van der Waals surface area contributed by atoms with Crippen molar-refractivity contribution in [1.29, 1.82) is 5.26 Å². The third-order valence-electron chi connectivity index (χ3n) is 3.27. The van der Waals surface area contributed by atoms with Crippen LogP contribution in [0.15, 0.2) is 24.3 Å². The zero-order valence-electron chi connectivity index (χ0n) is 13.3. The number of nitrogens with one attached hydrogen (secondary N) is 1. The van der Waals surface area contributed by atoms with Crippen LogP contribution in [0.3, 0.4) is 0 Å². The van der Waals surface area contributed by atoms with Crippen LogP contribution in [0.2, 0.25) is 0 Å². The summed E-state index contributed by atoms with van der Waals surface area (Å²) in [5.74, 6) is 0.660. The molecule has 0 spiro atoms. The molecule has 0 aliphatic carbocycles. The minimum Gasteiger partial charge on any atom is -0.495 e. The molecule has 118 valence electrons. The maximum atomic E-state index is 12.0. The minimum atomic E-state index is -0.814. The molecule has 1 aliphatic heterocycles. The van der Waals surface area contributed by atoms with E-state index in [2.05, 4.69) is 11.4 Å². The first kappa shape index (κ1) is 16.0. The van der Waals surface area contributed by atoms with E-state index in [0.717, 1.165) is 5.69 Å². The lowest BCUT2D eigenvalue weighted by Crippen LogP contribution is -2.67. The summed E-state index contributed by atoms with van der Waals surface area (Å²) in [7, 11) is 1.58. The number of para-hydroxylation sites is 2. The predicted molar refractivity (Wildman–Crippen MR) is 82.8 cm³/mol. The fourth-order valence-electron chi connectivity index (χ4n) is 2.24. The number of benzene rings is 1. The van der Waals surface area contributed by atoms with E-state index < -0.39 is 17.2 Å². The molecule has 1 aliphatic rings. The number of nitriles is 1. The second-order valence-electron chi connectivity index (χ2n) is 6.36. The molecule has 0 saturated carbocycles. The number of methoxy groups -OCH3 is 1. The first-order valence-electron chi connectivity index (χ1n) is 7.09. The number of nitrogens with zero attached hydrogens (tertiary/aromatic N) is 2. The van der Waals surface area contributed by atoms with Crippen LogP contribution >= 0.6 is 0 Å². The minimum absolute atomic E-state index is 0.274. The number of rotatable bonds is 3. The molecule has 0 radical (unpaired) electrons. The smallest absolute Gasteiger partial charge is 0.410 e. The molecule has 6 heteroatoms. The number of hydrogen-bond donors (Lipinski definition) is 1. The molecule has 6 nitrogen and oxygen atoms in total. The van der Waals surface area contributed by atoms with Gasteiger partial charge in [-0.2, -0.15) is 5.26 Å². The van der Waals surface area contributed by atoms with Crippen LogP contribution in [0.1, 0.15) is 20.8 Å². The number of carbonyl (C=O) groups excluding carboxylic acids is 1. The molecule has 0 bridgehead atoms. The number of hydrogen-bond acceptors (Lipinski definition) is 5. The van der Waals surface area contributed by atoms with Crippen molar-refractivity contribution in [3.8, 4) is 11.8 Å². The lowest BCUT2D eigenvalue weighted by Gasteiger charge is -2.46. The molecule has 0 unspecified atom stereocenters. The number of amides is 1. The Morgan fingerprint density at radius 2 is 2.00 bits per heavy atom. The van der Waals surface area contributed by atoms with Gasteiger partial charge < -0.3 is 19.7 Å². The predicted octanol–water partition coefficient (Wildman–Crippen LogP) is 2.62. The van der Waals surface area contributed by atoms with E-state index >= 15 is 0 Å². The van der Waals surface area contributed by atoms with E-state index in [9.17, 15) is 10.1 Å². The lowest BCUT2D eigenvalue weighted by atomic mass is 9.91. The average molecular weight is 303 g/mol. The number of ether oxygens (including phenoxy) is 2. The second-order valence-corrected chi connectivity index (χ2v) is 6.36. The molecule has 1 aromatic rings. The Bertz CT molecular complexity index is 595. The lowest BCUT2D eigenvalue weighted by molar-refractivity contribution is 0.00354.